The van der Waals surface area contributed by atoms with Crippen LogP contribution in [0.5, 0.6) is 5.75 Å². The van der Waals surface area contributed by atoms with Gasteiger partial charge in [-0.15, -0.1) is 0 Å². The fourth-order valence-electron chi connectivity index (χ4n) is 2.20. The van der Waals surface area contributed by atoms with Crippen molar-refractivity contribution >= 4 is 27.7 Å². The van der Waals surface area contributed by atoms with E-state index in [1.807, 2.05) is 0 Å². The highest BCUT2D eigenvalue weighted by molar-refractivity contribution is 9.10. The minimum atomic E-state index is -0.386. The van der Waals surface area contributed by atoms with Gasteiger partial charge in [-0.05, 0) is 47.0 Å². The maximum absolute atomic E-state index is 12.3. The first-order valence-electron chi connectivity index (χ1n) is 5.81. The molecule has 1 aromatic carbocycles. The van der Waals surface area contributed by atoms with E-state index in [2.05, 4.69) is 21.1 Å². The van der Waals surface area contributed by atoms with Crippen molar-refractivity contribution in [3.63, 3.8) is 0 Å². The molecule has 1 saturated heterocycles. The quantitative estimate of drug-likeness (QED) is 0.332. The molecule has 102 valence electrons. The van der Waals surface area contributed by atoms with Gasteiger partial charge < -0.3 is 20.9 Å². The zero-order valence-electron chi connectivity index (χ0n) is 10.1. The van der Waals surface area contributed by atoms with Gasteiger partial charge in [0.1, 0.15) is 5.75 Å². The van der Waals surface area contributed by atoms with Crippen molar-refractivity contribution in [2.45, 2.75) is 18.9 Å². The number of carbonyl (C=O) groups excluding carboxylic acids is 1. The largest absolute Gasteiger partial charge is 0.507 e. The molecule has 1 aromatic rings. The number of benzene rings is 1. The molecule has 1 heterocycles. The third-order valence-corrected chi connectivity index (χ3v) is 3.83. The van der Waals surface area contributed by atoms with E-state index < -0.39 is 0 Å². The Hall–Kier alpha value is -1.76. The molecular weight excluding hydrogens is 314 g/mol. The highest BCUT2D eigenvalue weighted by Gasteiger charge is 2.32. The molecule has 0 bridgehead atoms. The lowest BCUT2D eigenvalue weighted by molar-refractivity contribution is 0.0767. The van der Waals surface area contributed by atoms with Crippen LogP contribution in [0, 0.1) is 0 Å². The van der Waals surface area contributed by atoms with Gasteiger partial charge in [-0.3, -0.25) is 4.79 Å². The summed E-state index contributed by atoms with van der Waals surface area (Å²) < 4.78 is 0.526. The molecule has 1 amide bonds. The second-order valence-corrected chi connectivity index (χ2v) is 5.20. The Labute approximate surface area is 118 Å². The number of amides is 1. The molecular formula is C12H14BrN3O3. The van der Waals surface area contributed by atoms with E-state index in [1.165, 1.54) is 6.07 Å². The second kappa shape index (κ2) is 5.48. The van der Waals surface area contributed by atoms with E-state index in [-0.39, 0.29) is 23.5 Å². The number of halogens is 1. The van der Waals surface area contributed by atoms with Gasteiger partial charge in [-0.1, -0.05) is 5.16 Å². The van der Waals surface area contributed by atoms with Crippen molar-refractivity contribution in [2.75, 3.05) is 6.54 Å². The van der Waals surface area contributed by atoms with Gasteiger partial charge >= 0.3 is 0 Å². The average molecular weight is 328 g/mol. The lowest BCUT2D eigenvalue weighted by atomic mass is 10.1. The molecule has 1 atom stereocenters. The van der Waals surface area contributed by atoms with E-state index in [1.54, 1.807) is 17.0 Å². The molecule has 1 fully saturated rings. The molecule has 1 aliphatic rings. The smallest absolute Gasteiger partial charge is 0.254 e. The van der Waals surface area contributed by atoms with Crippen LogP contribution in [0.4, 0.5) is 0 Å². The Bertz CT molecular complexity index is 533. The van der Waals surface area contributed by atoms with Crippen LogP contribution in [0.2, 0.25) is 0 Å². The molecule has 19 heavy (non-hydrogen) atoms. The highest BCUT2D eigenvalue weighted by atomic mass is 79.9. The van der Waals surface area contributed by atoms with E-state index in [9.17, 15) is 9.90 Å². The van der Waals surface area contributed by atoms with Gasteiger partial charge in [-0.25, -0.2) is 0 Å². The number of amidine groups is 1. The highest BCUT2D eigenvalue weighted by Crippen LogP contribution is 2.27. The number of nitrogens with two attached hydrogens (primary N) is 1. The predicted molar refractivity (Wildman–Crippen MR) is 73.3 cm³/mol. The van der Waals surface area contributed by atoms with Crippen molar-refractivity contribution in [3.05, 3.63) is 28.2 Å². The Kier molecular flexibility index (Phi) is 3.94. The van der Waals surface area contributed by atoms with Crippen LogP contribution in [0.3, 0.4) is 0 Å². The van der Waals surface area contributed by atoms with Gasteiger partial charge in [-0.2, -0.15) is 0 Å². The van der Waals surface area contributed by atoms with Crippen LogP contribution >= 0.6 is 15.9 Å². The normalized spacial score (nSPS) is 19.7. The minimum Gasteiger partial charge on any atom is -0.507 e. The van der Waals surface area contributed by atoms with Crippen LogP contribution in [0.1, 0.15) is 23.2 Å². The van der Waals surface area contributed by atoms with Crippen LogP contribution in [-0.4, -0.2) is 39.5 Å². The first-order chi connectivity index (χ1) is 9.04. The molecule has 2 rings (SSSR count). The van der Waals surface area contributed by atoms with Gasteiger partial charge in [0, 0.05) is 12.1 Å². The van der Waals surface area contributed by atoms with Crippen molar-refractivity contribution < 1.29 is 15.1 Å². The summed E-state index contributed by atoms with van der Waals surface area (Å²) in [6.45, 7) is 0.552. The number of hydrogen-bond acceptors (Lipinski definition) is 4. The Balaban J connectivity index is 2.25. The summed E-state index contributed by atoms with van der Waals surface area (Å²) >= 11 is 3.16. The van der Waals surface area contributed by atoms with E-state index in [0.717, 1.165) is 6.42 Å². The molecule has 4 N–H and O–H groups in total. The molecule has 6 nitrogen and oxygen atoms in total. The summed E-state index contributed by atoms with van der Waals surface area (Å²) in [6.07, 6.45) is 1.47. The number of phenols is 1. The van der Waals surface area contributed by atoms with Crippen LogP contribution in [0.25, 0.3) is 0 Å². The van der Waals surface area contributed by atoms with E-state index >= 15 is 0 Å². The number of phenolic OH excluding ortho intramolecular Hbond substituents is 1. The van der Waals surface area contributed by atoms with Crippen molar-refractivity contribution in [1.29, 1.82) is 0 Å². The maximum Gasteiger partial charge on any atom is 0.254 e. The molecule has 0 saturated carbocycles. The van der Waals surface area contributed by atoms with Crippen LogP contribution in [0.15, 0.2) is 27.8 Å². The third kappa shape index (κ3) is 2.65. The Morgan fingerprint density at radius 3 is 2.89 bits per heavy atom. The standard InChI is InChI=1S/C12H14BrN3O3/c13-8-4-3-7(6-10(8)17)12(18)16-5-1-2-9(16)11(14)15-19/h3-4,6,9,17,19H,1-2,5H2,(H2,14,15). The van der Waals surface area contributed by atoms with E-state index in [0.29, 0.717) is 23.0 Å². The predicted octanol–water partition coefficient (Wildman–Crippen LogP) is 1.51. The first kappa shape index (κ1) is 13.7. The topological polar surface area (TPSA) is 99.2 Å². The number of carbonyl (C=O) groups is 1. The number of aromatic hydroxyl groups is 1. The number of hydrogen-bond donors (Lipinski definition) is 3. The zero-order valence-corrected chi connectivity index (χ0v) is 11.7. The lowest BCUT2D eigenvalue weighted by Crippen LogP contribution is -2.43. The molecule has 7 heteroatoms. The first-order valence-corrected chi connectivity index (χ1v) is 6.60. The fourth-order valence-corrected chi connectivity index (χ4v) is 2.44. The van der Waals surface area contributed by atoms with E-state index in [4.69, 9.17) is 10.9 Å². The average Bonchev–Trinajstić information content (AvgIpc) is 2.89. The van der Waals surface area contributed by atoms with Gasteiger partial charge in [0.2, 0.25) is 0 Å². The summed E-state index contributed by atoms with van der Waals surface area (Å²) in [6, 6.07) is 4.24. The summed E-state index contributed by atoms with van der Waals surface area (Å²) in [5.41, 5.74) is 5.96. The SMILES string of the molecule is N/C(=N/O)C1CCCN1C(=O)c1ccc(Br)c(O)c1. The Morgan fingerprint density at radius 1 is 1.53 bits per heavy atom. The molecule has 1 aliphatic heterocycles. The number of oxime groups is 1. The maximum atomic E-state index is 12.3. The van der Waals surface area contributed by atoms with Crippen LogP contribution in [-0.2, 0) is 0 Å². The number of likely N-dealkylation sites (tertiary alicyclic amines) is 1. The van der Waals surface area contributed by atoms with Gasteiger partial charge in [0.05, 0.1) is 10.5 Å². The molecule has 1 unspecified atom stereocenters. The second-order valence-electron chi connectivity index (χ2n) is 4.35. The van der Waals surface area contributed by atoms with Crippen molar-refractivity contribution in [2.24, 2.45) is 10.9 Å². The molecule has 0 aromatic heterocycles. The van der Waals surface area contributed by atoms with Crippen molar-refractivity contribution in [3.8, 4) is 5.75 Å². The molecule has 0 spiro atoms. The third-order valence-electron chi connectivity index (χ3n) is 3.16. The monoisotopic (exact) mass is 327 g/mol. The molecule has 0 radical (unpaired) electrons. The van der Waals surface area contributed by atoms with Crippen molar-refractivity contribution in [1.82, 2.24) is 4.90 Å². The lowest BCUT2D eigenvalue weighted by Gasteiger charge is -2.23. The minimum absolute atomic E-state index is 0.00499. The molecule has 0 aliphatic carbocycles. The number of rotatable bonds is 2. The van der Waals surface area contributed by atoms with Gasteiger partial charge in [0.15, 0.2) is 5.84 Å². The summed E-state index contributed by atoms with van der Waals surface area (Å²) in [5, 5.41) is 21.3. The summed E-state index contributed by atoms with van der Waals surface area (Å²) in [4.78, 5) is 13.9. The zero-order chi connectivity index (χ0) is 14.0. The fraction of sp³-hybridized carbons (Fsp3) is 0.333. The summed E-state index contributed by atoms with van der Waals surface area (Å²) in [5.74, 6) is -0.200. The van der Waals surface area contributed by atoms with Crippen LogP contribution < -0.4 is 5.73 Å². The Morgan fingerprint density at radius 2 is 2.26 bits per heavy atom. The van der Waals surface area contributed by atoms with Gasteiger partial charge in [0.25, 0.3) is 5.91 Å². The summed E-state index contributed by atoms with van der Waals surface area (Å²) in [7, 11) is 0. The number of nitrogens with zero attached hydrogens (tertiary/aromatic N) is 2.